The van der Waals surface area contributed by atoms with Crippen LogP contribution in [0.1, 0.15) is 18.9 Å². The molecule has 1 heterocycles. The molecule has 1 unspecified atom stereocenters. The fourth-order valence-corrected chi connectivity index (χ4v) is 1.65. The van der Waals surface area contributed by atoms with E-state index in [1.807, 2.05) is 0 Å². The molecule has 0 amide bonds. The average molecular weight is 160 g/mol. The van der Waals surface area contributed by atoms with E-state index in [2.05, 4.69) is 43.1 Å². The largest absolute Gasteiger partial charge is 0.380 e. The molecule has 1 aliphatic heterocycles. The topological polar surface area (TPSA) is 12.0 Å². The highest BCUT2D eigenvalue weighted by molar-refractivity contribution is 5.54. The van der Waals surface area contributed by atoms with Crippen molar-refractivity contribution in [3.05, 3.63) is 36.4 Å². The maximum absolute atomic E-state index is 3.34. The van der Waals surface area contributed by atoms with Crippen LogP contribution in [-0.4, -0.2) is 0 Å². The molecule has 1 aromatic rings. The van der Waals surface area contributed by atoms with Gasteiger partial charge in [-0.3, -0.25) is 0 Å². The lowest BCUT2D eigenvalue weighted by Crippen LogP contribution is -2.17. The van der Waals surface area contributed by atoms with Gasteiger partial charge in [-0.1, -0.05) is 31.5 Å². The highest BCUT2D eigenvalue weighted by Crippen LogP contribution is 2.27. The summed E-state index contributed by atoms with van der Waals surface area (Å²) in [5, 5.41) is 3.34. The van der Waals surface area contributed by atoms with E-state index in [4.69, 9.17) is 0 Å². The smallest absolute Gasteiger partial charge is 0.0496 e. The number of rotatable bonds is 1. The van der Waals surface area contributed by atoms with Crippen LogP contribution < -0.4 is 5.32 Å². The molecule has 12 heavy (non-hydrogen) atoms. The molecule has 0 aliphatic carbocycles. The Balaban J connectivity index is 2.23. The molecule has 1 atom stereocenters. The second kappa shape index (κ2) is 3.18. The summed E-state index contributed by atoms with van der Waals surface area (Å²) in [6.07, 6.45) is 2.42. The quantitative estimate of drug-likeness (QED) is 0.666. The Bertz CT molecular complexity index is 267. The van der Waals surface area contributed by atoms with E-state index in [9.17, 15) is 0 Å². The maximum atomic E-state index is 3.34. The molecule has 2 rings (SSSR count). The maximum Gasteiger partial charge on any atom is 0.0496 e. The lowest BCUT2D eigenvalue weighted by molar-refractivity contribution is 0.574. The predicted octanol–water partition coefficient (Wildman–Crippen LogP) is 2.84. The minimum Gasteiger partial charge on any atom is -0.380 e. The van der Waals surface area contributed by atoms with Crippen LogP contribution in [0.2, 0.25) is 0 Å². The summed E-state index contributed by atoms with van der Waals surface area (Å²) in [7, 11) is 0. The van der Waals surface area contributed by atoms with Gasteiger partial charge in [0.2, 0.25) is 0 Å². The number of fused-ring (bicyclic) bond motifs is 1. The lowest BCUT2D eigenvalue weighted by atomic mass is 9.92. The van der Waals surface area contributed by atoms with Crippen LogP contribution in [0.3, 0.4) is 0 Å². The van der Waals surface area contributed by atoms with E-state index in [0.717, 1.165) is 0 Å². The summed E-state index contributed by atoms with van der Waals surface area (Å²) in [6, 6.07) is 8.53. The van der Waals surface area contributed by atoms with E-state index < -0.39 is 0 Å². The van der Waals surface area contributed by atoms with Gasteiger partial charge in [-0.2, -0.15) is 0 Å². The fourth-order valence-electron chi connectivity index (χ4n) is 1.65. The van der Waals surface area contributed by atoms with Crippen LogP contribution in [0.5, 0.6) is 0 Å². The van der Waals surface area contributed by atoms with Gasteiger partial charge in [0.25, 0.3) is 0 Å². The first kappa shape index (κ1) is 7.66. The van der Waals surface area contributed by atoms with Crippen molar-refractivity contribution in [2.75, 3.05) is 5.32 Å². The Morgan fingerprint density at radius 2 is 2.25 bits per heavy atom. The molecule has 0 aromatic heterocycles. The van der Waals surface area contributed by atoms with Crippen molar-refractivity contribution in [3.8, 4) is 0 Å². The van der Waals surface area contributed by atoms with Crippen molar-refractivity contribution >= 4 is 5.69 Å². The number of anilines is 1. The van der Waals surface area contributed by atoms with Crippen molar-refractivity contribution in [3.63, 3.8) is 0 Å². The summed E-state index contributed by atoms with van der Waals surface area (Å²) < 4.78 is 0. The molecule has 1 N–H and O–H groups in total. The van der Waals surface area contributed by atoms with Gasteiger partial charge in [0, 0.05) is 12.2 Å². The molecule has 0 fully saturated rings. The number of hydrogen-bond donors (Lipinski definition) is 1. The Morgan fingerprint density at radius 3 is 3.08 bits per heavy atom. The zero-order valence-electron chi connectivity index (χ0n) is 7.38. The molecule has 0 saturated heterocycles. The molecular formula is C11H14N. The number of para-hydroxylation sites is 1. The minimum absolute atomic E-state index is 0.708. The minimum atomic E-state index is 0.708. The SMILES string of the molecule is CCC1[CH]Nc2ccccc2C1. The third kappa shape index (κ3) is 1.31. The number of benzene rings is 1. The van der Waals surface area contributed by atoms with Gasteiger partial charge in [-0.05, 0) is 24.0 Å². The van der Waals surface area contributed by atoms with Crippen molar-refractivity contribution in [2.45, 2.75) is 19.8 Å². The second-order valence-corrected chi connectivity index (χ2v) is 3.34. The van der Waals surface area contributed by atoms with Crippen molar-refractivity contribution in [1.82, 2.24) is 0 Å². The zero-order chi connectivity index (χ0) is 8.39. The van der Waals surface area contributed by atoms with Crippen LogP contribution in [0, 0.1) is 12.5 Å². The van der Waals surface area contributed by atoms with Crippen LogP contribution >= 0.6 is 0 Å². The van der Waals surface area contributed by atoms with Crippen LogP contribution in [0.4, 0.5) is 5.69 Å². The summed E-state index contributed by atoms with van der Waals surface area (Å²) in [6.45, 7) is 4.44. The molecule has 1 nitrogen and oxygen atoms in total. The van der Waals surface area contributed by atoms with Gasteiger partial charge in [-0.25, -0.2) is 0 Å². The predicted molar refractivity (Wildman–Crippen MR) is 51.8 cm³/mol. The van der Waals surface area contributed by atoms with Gasteiger partial charge in [0.1, 0.15) is 0 Å². The van der Waals surface area contributed by atoms with Crippen LogP contribution in [0.25, 0.3) is 0 Å². The molecule has 1 aromatic carbocycles. The normalized spacial score (nSPS) is 21.2. The first-order chi connectivity index (χ1) is 5.90. The van der Waals surface area contributed by atoms with Crippen molar-refractivity contribution < 1.29 is 0 Å². The van der Waals surface area contributed by atoms with Crippen LogP contribution in [-0.2, 0) is 6.42 Å². The van der Waals surface area contributed by atoms with E-state index >= 15 is 0 Å². The standard InChI is InChI=1S/C11H14N/c1-2-9-7-10-5-3-4-6-11(10)12-8-9/h3-6,8-9,12H,2,7H2,1H3. The Kier molecular flexibility index (Phi) is 2.03. The monoisotopic (exact) mass is 160 g/mol. The molecular weight excluding hydrogens is 146 g/mol. The van der Waals surface area contributed by atoms with Crippen molar-refractivity contribution in [2.24, 2.45) is 5.92 Å². The van der Waals surface area contributed by atoms with Gasteiger partial charge in [0.15, 0.2) is 0 Å². The van der Waals surface area contributed by atoms with Crippen molar-refractivity contribution in [1.29, 1.82) is 0 Å². The van der Waals surface area contributed by atoms with E-state index in [0.29, 0.717) is 5.92 Å². The number of hydrogen-bond acceptors (Lipinski definition) is 1. The Morgan fingerprint density at radius 1 is 1.42 bits per heavy atom. The molecule has 0 bridgehead atoms. The van der Waals surface area contributed by atoms with Gasteiger partial charge >= 0.3 is 0 Å². The second-order valence-electron chi connectivity index (χ2n) is 3.34. The highest BCUT2D eigenvalue weighted by Gasteiger charge is 2.15. The Hall–Kier alpha value is -0.980. The first-order valence-electron chi connectivity index (χ1n) is 4.58. The summed E-state index contributed by atoms with van der Waals surface area (Å²) in [5.74, 6) is 0.708. The van der Waals surface area contributed by atoms with Gasteiger partial charge in [-0.15, -0.1) is 0 Å². The molecule has 1 heteroatoms. The third-order valence-corrected chi connectivity index (χ3v) is 2.50. The molecule has 1 aliphatic rings. The first-order valence-corrected chi connectivity index (χ1v) is 4.58. The molecule has 0 saturated carbocycles. The zero-order valence-corrected chi connectivity index (χ0v) is 7.38. The molecule has 0 spiro atoms. The molecule has 63 valence electrons. The van der Waals surface area contributed by atoms with Crippen LogP contribution in [0.15, 0.2) is 24.3 Å². The average Bonchev–Trinajstić information content (AvgIpc) is 2.17. The number of nitrogens with one attached hydrogen (secondary N) is 1. The fraction of sp³-hybridized carbons (Fsp3) is 0.364. The van der Waals surface area contributed by atoms with E-state index in [1.165, 1.54) is 24.1 Å². The summed E-state index contributed by atoms with van der Waals surface area (Å²) in [5.41, 5.74) is 2.73. The van der Waals surface area contributed by atoms with Gasteiger partial charge in [0.05, 0.1) is 0 Å². The third-order valence-electron chi connectivity index (χ3n) is 2.50. The summed E-state index contributed by atoms with van der Waals surface area (Å²) in [4.78, 5) is 0. The summed E-state index contributed by atoms with van der Waals surface area (Å²) >= 11 is 0. The van der Waals surface area contributed by atoms with Gasteiger partial charge < -0.3 is 5.32 Å². The lowest BCUT2D eigenvalue weighted by Gasteiger charge is -2.24. The van der Waals surface area contributed by atoms with E-state index in [1.54, 1.807) is 0 Å². The molecule has 1 radical (unpaired) electrons. The van der Waals surface area contributed by atoms with E-state index in [-0.39, 0.29) is 0 Å². The highest BCUT2D eigenvalue weighted by atomic mass is 14.9. The Labute approximate surface area is 73.8 Å².